The van der Waals surface area contributed by atoms with Gasteiger partial charge in [0.05, 0.1) is 0 Å². The average Bonchev–Trinajstić information content (AvgIpc) is 1.35. The Labute approximate surface area is 83.9 Å². The van der Waals surface area contributed by atoms with E-state index in [1.54, 1.807) is 0 Å². The Hall–Kier alpha value is 1.75. The van der Waals surface area contributed by atoms with Crippen LogP contribution >= 0.6 is 7.82 Å². The molecule has 0 amide bonds. The summed E-state index contributed by atoms with van der Waals surface area (Å²) in [6.45, 7) is 0. The predicted octanol–water partition coefficient (Wildman–Crippen LogP) is -3.90. The zero-order valence-electron chi connectivity index (χ0n) is 4.12. The van der Waals surface area contributed by atoms with Gasteiger partial charge in [-0.05, 0) is 0 Å². The number of phosphoric ester groups is 1. The van der Waals surface area contributed by atoms with Crippen LogP contribution in [0.2, 0.25) is 0 Å². The van der Waals surface area contributed by atoms with Gasteiger partial charge in [-0.1, -0.05) is 0 Å². The Balaban J connectivity index is 0. The Kier molecular flexibility index (Phi) is 7.59. The third kappa shape index (κ3) is 11.4. The van der Waals surface area contributed by atoms with Crippen LogP contribution in [0.5, 0.6) is 0 Å². The molecular weight excluding hydrogens is 146 g/mol. The van der Waals surface area contributed by atoms with Crippen LogP contribution < -0.4 is 56.3 Å². The van der Waals surface area contributed by atoms with E-state index in [1.807, 2.05) is 0 Å². The summed E-state index contributed by atoms with van der Waals surface area (Å²) in [5.74, 6) is 0. The van der Waals surface area contributed by atoms with Gasteiger partial charge >= 0.3 is 51.4 Å². The molecule has 0 aromatic rings. The first-order chi connectivity index (χ1) is 2.56. The van der Waals surface area contributed by atoms with E-state index in [1.165, 1.54) is 0 Å². The van der Waals surface area contributed by atoms with Gasteiger partial charge in [-0.2, -0.15) is 0 Å². The summed E-state index contributed by atoms with van der Waals surface area (Å²) >= 11 is 0. The molecule has 1 N–H and O–H groups in total. The van der Waals surface area contributed by atoms with Crippen LogP contribution in [-0.2, 0) is 9.09 Å². The van der Waals surface area contributed by atoms with Crippen LogP contribution in [0.3, 0.4) is 0 Å². The standard InChI is InChI=1S/CH5O4P.K/c1-5-6(2,3)4;/h1H3,(H2,2,3,4);/q;+1/p-1. The first-order valence-corrected chi connectivity index (χ1v) is 2.65. The van der Waals surface area contributed by atoms with Gasteiger partial charge in [-0.25, -0.2) is 0 Å². The van der Waals surface area contributed by atoms with Crippen molar-refractivity contribution in [1.29, 1.82) is 0 Å². The van der Waals surface area contributed by atoms with Crippen molar-refractivity contribution >= 4 is 7.82 Å². The molecule has 38 valence electrons. The smallest absolute Gasteiger partial charge is 0.756 e. The molecule has 0 aromatic heterocycles. The largest absolute Gasteiger partial charge is 1.00 e. The van der Waals surface area contributed by atoms with E-state index in [2.05, 4.69) is 4.52 Å². The van der Waals surface area contributed by atoms with Crippen molar-refractivity contribution < 1.29 is 70.3 Å². The van der Waals surface area contributed by atoms with Crippen molar-refractivity contribution in [3.63, 3.8) is 0 Å². The Morgan fingerprint density at radius 2 is 2.00 bits per heavy atom. The van der Waals surface area contributed by atoms with E-state index >= 15 is 0 Å². The molecule has 0 saturated carbocycles. The molecule has 4 nitrogen and oxygen atoms in total. The van der Waals surface area contributed by atoms with Crippen molar-refractivity contribution in [3.05, 3.63) is 0 Å². The summed E-state index contributed by atoms with van der Waals surface area (Å²) in [4.78, 5) is 17.0. The molecule has 0 saturated heterocycles. The molecule has 7 heavy (non-hydrogen) atoms. The topological polar surface area (TPSA) is 69.6 Å². The summed E-state index contributed by atoms with van der Waals surface area (Å²) in [5.41, 5.74) is 0. The van der Waals surface area contributed by atoms with Gasteiger partial charge in [-0.15, -0.1) is 0 Å². The number of rotatable bonds is 1. The summed E-state index contributed by atoms with van der Waals surface area (Å²) in [5, 5.41) is 0. The molecule has 0 radical (unpaired) electrons. The van der Waals surface area contributed by atoms with Crippen molar-refractivity contribution in [2.45, 2.75) is 0 Å². The second-order valence-electron chi connectivity index (χ2n) is 0.651. The van der Waals surface area contributed by atoms with Gasteiger partial charge in [0.1, 0.15) is 0 Å². The third-order valence-corrected chi connectivity index (χ3v) is 0.692. The molecule has 0 aliphatic carbocycles. The van der Waals surface area contributed by atoms with Crippen LogP contribution in [0.15, 0.2) is 0 Å². The van der Waals surface area contributed by atoms with Gasteiger partial charge in [-0.3, -0.25) is 4.57 Å². The minimum Gasteiger partial charge on any atom is -0.756 e. The zero-order chi connectivity index (χ0) is 5.21. The second-order valence-corrected chi connectivity index (χ2v) is 1.95. The predicted molar refractivity (Wildman–Crippen MR) is 16.8 cm³/mol. The molecule has 1 atom stereocenters. The fraction of sp³-hybridized carbons (Fsp3) is 1.00. The summed E-state index contributed by atoms with van der Waals surface area (Å²) in [6, 6.07) is 0. The van der Waals surface area contributed by atoms with Crippen LogP contribution in [-0.4, -0.2) is 12.0 Å². The van der Waals surface area contributed by atoms with Crippen LogP contribution in [0, 0.1) is 0 Å². The van der Waals surface area contributed by atoms with Gasteiger partial charge in [0, 0.05) is 7.11 Å². The normalized spacial score (nSPS) is 17.0. The number of hydrogen-bond acceptors (Lipinski definition) is 3. The third-order valence-electron chi connectivity index (χ3n) is 0.231. The molecule has 0 heterocycles. The van der Waals surface area contributed by atoms with Crippen molar-refractivity contribution in [1.82, 2.24) is 0 Å². The first-order valence-electron chi connectivity index (χ1n) is 1.16. The maximum atomic E-state index is 9.36. The van der Waals surface area contributed by atoms with E-state index in [0.717, 1.165) is 7.11 Å². The Morgan fingerprint density at radius 1 is 1.86 bits per heavy atom. The van der Waals surface area contributed by atoms with Gasteiger partial charge in [0.2, 0.25) is 0 Å². The maximum absolute atomic E-state index is 9.36. The zero-order valence-corrected chi connectivity index (χ0v) is 8.14. The van der Waals surface area contributed by atoms with E-state index in [9.17, 15) is 9.46 Å². The second kappa shape index (κ2) is 4.61. The van der Waals surface area contributed by atoms with Gasteiger partial charge in [0.15, 0.2) is 0 Å². The van der Waals surface area contributed by atoms with Gasteiger partial charge < -0.3 is 14.3 Å². The fourth-order valence-electron chi connectivity index (χ4n) is 0. The molecule has 0 aromatic carbocycles. The monoisotopic (exact) mass is 150 g/mol. The van der Waals surface area contributed by atoms with Crippen molar-refractivity contribution in [2.24, 2.45) is 0 Å². The molecule has 0 rings (SSSR count). The summed E-state index contributed by atoms with van der Waals surface area (Å²) < 4.78 is 12.9. The Bertz CT molecular complexity index is 75.8. The molecule has 0 bridgehead atoms. The number of hydrogen-bond donors (Lipinski definition) is 1. The molecule has 6 heteroatoms. The van der Waals surface area contributed by atoms with Crippen molar-refractivity contribution in [3.8, 4) is 0 Å². The van der Waals surface area contributed by atoms with E-state index < -0.39 is 7.82 Å². The Morgan fingerprint density at radius 3 is 2.00 bits per heavy atom. The summed E-state index contributed by atoms with van der Waals surface area (Å²) in [7, 11) is -3.51. The summed E-state index contributed by atoms with van der Waals surface area (Å²) in [6.07, 6.45) is 0. The SMILES string of the molecule is COP(=O)([O-])O.[K+]. The molecule has 0 fully saturated rings. The molecule has 0 aliphatic rings. The van der Waals surface area contributed by atoms with Crippen molar-refractivity contribution in [2.75, 3.05) is 7.11 Å². The quantitative estimate of drug-likeness (QED) is 0.306. The number of phosphoric acid groups is 1. The van der Waals surface area contributed by atoms with E-state index in [0.29, 0.717) is 0 Å². The fourth-order valence-corrected chi connectivity index (χ4v) is 0. The maximum Gasteiger partial charge on any atom is 1.00 e. The molecular formula is CH4KO4P. The van der Waals surface area contributed by atoms with Crippen LogP contribution in [0.4, 0.5) is 0 Å². The molecule has 0 aliphatic heterocycles. The van der Waals surface area contributed by atoms with E-state index in [4.69, 9.17) is 4.89 Å². The van der Waals surface area contributed by atoms with Gasteiger partial charge in [0.25, 0.3) is 7.82 Å². The van der Waals surface area contributed by atoms with Crippen LogP contribution in [0.25, 0.3) is 0 Å². The molecule has 0 spiro atoms. The van der Waals surface area contributed by atoms with Crippen LogP contribution in [0.1, 0.15) is 0 Å². The molecule has 1 unspecified atom stereocenters. The first kappa shape index (κ1) is 11.5. The minimum absolute atomic E-state index is 0. The average molecular weight is 150 g/mol. The van der Waals surface area contributed by atoms with E-state index in [-0.39, 0.29) is 51.4 Å². The minimum atomic E-state index is -4.40.